The van der Waals surface area contributed by atoms with Gasteiger partial charge in [0.05, 0.1) is 25.0 Å². The van der Waals surface area contributed by atoms with Crippen LogP contribution in [0, 0.1) is 5.92 Å². The summed E-state index contributed by atoms with van der Waals surface area (Å²) in [5.41, 5.74) is 0. The number of unbranched alkanes of at least 4 members (excludes halogenated alkanes) is 4. The normalized spacial score (nSPS) is 27.5. The second kappa shape index (κ2) is 19.9. The van der Waals surface area contributed by atoms with Crippen molar-refractivity contribution in [2.45, 2.75) is 121 Å². The Hall–Kier alpha value is -2.29. The van der Waals surface area contributed by atoms with Crippen LogP contribution in [-0.4, -0.2) is 119 Å². The lowest BCUT2D eigenvalue weighted by molar-refractivity contribution is -0.270. The van der Waals surface area contributed by atoms with Crippen molar-refractivity contribution in [3.05, 3.63) is 12.3 Å². The van der Waals surface area contributed by atoms with Gasteiger partial charge in [-0.25, -0.2) is 0 Å². The highest BCUT2D eigenvalue weighted by Gasteiger charge is 2.45. The average Bonchev–Trinajstić information content (AvgIpc) is 3.33. The van der Waals surface area contributed by atoms with E-state index in [-0.39, 0.29) is 24.5 Å². The van der Waals surface area contributed by atoms with Gasteiger partial charge in [0, 0.05) is 39.5 Å². The van der Waals surface area contributed by atoms with Gasteiger partial charge in [-0.05, 0) is 44.1 Å². The van der Waals surface area contributed by atoms with Crippen LogP contribution < -0.4 is 10.6 Å². The maximum absolute atomic E-state index is 12.7. The number of nitrogens with one attached hydrogen (secondary N) is 2. The predicted octanol–water partition coefficient (Wildman–Crippen LogP) is 0.332. The Bertz CT molecular complexity index is 873. The summed E-state index contributed by atoms with van der Waals surface area (Å²) in [6.07, 6.45) is 3.91. The zero-order chi connectivity index (χ0) is 31.8. The largest absolute Gasteiger partial charge is 0.499 e. The molecule has 2 rings (SSSR count). The van der Waals surface area contributed by atoms with Gasteiger partial charge in [-0.3, -0.25) is 14.4 Å². The Labute approximate surface area is 254 Å². The molecule has 3 amide bonds. The number of aliphatic hydroxyl groups is 4. The first-order chi connectivity index (χ1) is 20.5. The third-order valence-electron chi connectivity index (χ3n) is 7.53. The monoisotopic (exact) mass is 615 g/mol. The highest BCUT2D eigenvalue weighted by molar-refractivity contribution is 5.77. The minimum absolute atomic E-state index is 0.0219. The van der Waals surface area contributed by atoms with E-state index in [0.717, 1.165) is 12.8 Å². The van der Waals surface area contributed by atoms with E-state index in [1.165, 1.54) is 6.92 Å². The number of amides is 3. The summed E-state index contributed by atoms with van der Waals surface area (Å²) >= 11 is 0. The van der Waals surface area contributed by atoms with Crippen LogP contribution >= 0.6 is 0 Å². The van der Waals surface area contributed by atoms with Crippen LogP contribution in [0.2, 0.25) is 0 Å². The first-order valence-corrected chi connectivity index (χ1v) is 15.6. The molecule has 2 fully saturated rings. The Morgan fingerprint density at radius 2 is 1.74 bits per heavy atom. The minimum atomic E-state index is -1.36. The Morgan fingerprint density at radius 1 is 1.02 bits per heavy atom. The zero-order valence-corrected chi connectivity index (χ0v) is 25.9. The number of likely N-dealkylation sites (tertiary alicyclic amines) is 1. The van der Waals surface area contributed by atoms with E-state index >= 15 is 0 Å². The number of nitrogens with zero attached hydrogens (tertiary/aromatic N) is 1. The van der Waals surface area contributed by atoms with Gasteiger partial charge in [-0.15, -0.1) is 0 Å². The third-order valence-corrected chi connectivity index (χ3v) is 7.53. The molecule has 0 spiro atoms. The van der Waals surface area contributed by atoms with Crippen molar-refractivity contribution in [3.63, 3.8) is 0 Å². The molecule has 0 radical (unpaired) electrons. The highest BCUT2D eigenvalue weighted by atomic mass is 16.7. The first-order valence-electron chi connectivity index (χ1n) is 15.6. The Kier molecular flexibility index (Phi) is 17.1. The van der Waals surface area contributed by atoms with Gasteiger partial charge in [0.25, 0.3) is 0 Å². The molecule has 13 heteroatoms. The molecule has 5 unspecified atom stereocenters. The lowest BCUT2D eigenvalue weighted by Gasteiger charge is -2.42. The Balaban J connectivity index is 1.53. The van der Waals surface area contributed by atoms with Gasteiger partial charge < -0.3 is 50.2 Å². The molecule has 0 aliphatic carbocycles. The zero-order valence-electron chi connectivity index (χ0n) is 25.9. The number of carbonyl (C=O) groups excluding carboxylic acids is 3. The van der Waals surface area contributed by atoms with E-state index in [4.69, 9.17) is 14.2 Å². The lowest BCUT2D eigenvalue weighted by atomic mass is 9.97. The van der Waals surface area contributed by atoms with E-state index in [1.54, 1.807) is 11.2 Å². The molecule has 248 valence electrons. The number of allylic oxidation sites excluding steroid dienone is 1. The summed E-state index contributed by atoms with van der Waals surface area (Å²) in [5.74, 6) is -0.0491. The summed E-state index contributed by atoms with van der Waals surface area (Å²) < 4.78 is 16.8. The quantitative estimate of drug-likeness (QED) is 0.0873. The molecule has 2 heterocycles. The van der Waals surface area contributed by atoms with Crippen molar-refractivity contribution in [3.8, 4) is 0 Å². The molecular formula is C30H53N3O10. The fourth-order valence-electron chi connectivity index (χ4n) is 5.15. The molecule has 2 saturated heterocycles. The van der Waals surface area contributed by atoms with Crippen molar-refractivity contribution in [1.29, 1.82) is 0 Å². The number of ether oxygens (including phenoxy) is 3. The van der Waals surface area contributed by atoms with E-state index in [2.05, 4.69) is 24.5 Å². The summed E-state index contributed by atoms with van der Waals surface area (Å²) in [4.78, 5) is 38.1. The van der Waals surface area contributed by atoms with Crippen LogP contribution in [0.15, 0.2) is 12.3 Å². The third kappa shape index (κ3) is 13.5. The van der Waals surface area contributed by atoms with Gasteiger partial charge in [0.2, 0.25) is 17.7 Å². The number of hydrogen-bond acceptors (Lipinski definition) is 10. The SMILES string of the molecule is CC(=O)NC1C(OCCCCCC(=O)NCCCCCC(=O)N2C[C@H](O)C[C@H]2CO/C=C/C(C)C)OC(CO)C(O)C1O. The van der Waals surface area contributed by atoms with Crippen LogP contribution in [0.4, 0.5) is 0 Å². The van der Waals surface area contributed by atoms with E-state index in [9.17, 15) is 34.8 Å². The minimum Gasteiger partial charge on any atom is -0.499 e. The van der Waals surface area contributed by atoms with Crippen LogP contribution in [-0.2, 0) is 28.6 Å². The molecule has 0 aromatic rings. The van der Waals surface area contributed by atoms with Gasteiger partial charge in [0.15, 0.2) is 6.29 Å². The van der Waals surface area contributed by atoms with Crippen LogP contribution in [0.5, 0.6) is 0 Å². The smallest absolute Gasteiger partial charge is 0.223 e. The fraction of sp³-hybridized carbons (Fsp3) is 0.833. The fourth-order valence-corrected chi connectivity index (χ4v) is 5.15. The summed E-state index contributed by atoms with van der Waals surface area (Å²) in [5, 5.41) is 45.2. The van der Waals surface area contributed by atoms with Crippen LogP contribution in [0.1, 0.15) is 78.6 Å². The molecule has 2 aliphatic heterocycles. The summed E-state index contributed by atoms with van der Waals surface area (Å²) in [7, 11) is 0. The predicted molar refractivity (Wildman–Crippen MR) is 157 cm³/mol. The van der Waals surface area contributed by atoms with E-state index < -0.39 is 49.3 Å². The number of β-amino-alcohol motifs (C(OH)–C–C–N with tert-alkyl or cyclic N) is 1. The maximum atomic E-state index is 12.7. The average molecular weight is 616 g/mol. The molecule has 6 N–H and O–H groups in total. The molecule has 0 aromatic heterocycles. The number of hydrogen-bond donors (Lipinski definition) is 6. The van der Waals surface area contributed by atoms with Crippen molar-refractivity contribution in [1.82, 2.24) is 15.5 Å². The second-order valence-corrected chi connectivity index (χ2v) is 11.8. The van der Waals surface area contributed by atoms with Gasteiger partial charge in [-0.2, -0.15) is 0 Å². The molecule has 0 saturated carbocycles. The van der Waals surface area contributed by atoms with E-state index in [1.807, 2.05) is 6.08 Å². The van der Waals surface area contributed by atoms with Crippen LogP contribution in [0.3, 0.4) is 0 Å². The molecule has 43 heavy (non-hydrogen) atoms. The Morgan fingerprint density at radius 3 is 2.44 bits per heavy atom. The van der Waals surface area contributed by atoms with Crippen molar-refractivity contribution < 1.29 is 49.0 Å². The van der Waals surface area contributed by atoms with Crippen molar-refractivity contribution in [2.24, 2.45) is 5.92 Å². The topological polar surface area (TPSA) is 187 Å². The summed E-state index contributed by atoms with van der Waals surface area (Å²) in [6, 6.07) is -1.09. The van der Waals surface area contributed by atoms with Gasteiger partial charge in [-0.1, -0.05) is 26.7 Å². The second-order valence-electron chi connectivity index (χ2n) is 11.8. The molecule has 13 nitrogen and oxygen atoms in total. The van der Waals surface area contributed by atoms with E-state index in [0.29, 0.717) is 70.6 Å². The van der Waals surface area contributed by atoms with Crippen molar-refractivity contribution >= 4 is 17.7 Å². The lowest BCUT2D eigenvalue weighted by Crippen LogP contribution is -2.64. The maximum Gasteiger partial charge on any atom is 0.223 e. The molecule has 0 bridgehead atoms. The van der Waals surface area contributed by atoms with Crippen molar-refractivity contribution in [2.75, 3.05) is 32.9 Å². The molecule has 7 atom stereocenters. The summed E-state index contributed by atoms with van der Waals surface area (Å²) in [6.45, 7) is 6.39. The first kappa shape index (κ1) is 36.9. The number of aliphatic hydroxyl groups excluding tert-OH is 4. The van der Waals surface area contributed by atoms with Crippen LogP contribution in [0.25, 0.3) is 0 Å². The standard InChI is InChI=1S/C30H53N3O10/c1-20(2)12-15-41-19-22-16-23(36)17-33(22)26(38)11-7-4-8-13-31-25(37)10-6-5-9-14-42-30-27(32-21(3)35)29(40)28(39)24(18-34)43-30/h12,15,20,22-24,27-30,34,36,39-40H,4-11,13-14,16-19H2,1-3H3,(H,31,37)(H,32,35)/b15-12+/t22-,23+,24?,27?,28?,29?,30?/m0/s1. The van der Waals surface area contributed by atoms with Gasteiger partial charge in [0.1, 0.15) is 31.0 Å². The molecule has 0 aromatic carbocycles. The molecule has 2 aliphatic rings. The number of carbonyl (C=O) groups is 3. The highest BCUT2D eigenvalue weighted by Crippen LogP contribution is 2.23. The van der Waals surface area contributed by atoms with Gasteiger partial charge >= 0.3 is 0 Å². The molecular weight excluding hydrogens is 562 g/mol. The number of rotatable bonds is 19.